The van der Waals surface area contributed by atoms with E-state index in [0.29, 0.717) is 13.0 Å². The highest BCUT2D eigenvalue weighted by atomic mass is 19.1. The summed E-state index contributed by atoms with van der Waals surface area (Å²) >= 11 is 0. The van der Waals surface area contributed by atoms with Gasteiger partial charge in [0.25, 0.3) is 0 Å². The number of hydrogen-bond acceptors (Lipinski definition) is 2. The smallest absolute Gasteiger partial charge is 0.155 e. The highest BCUT2D eigenvalue weighted by Gasteiger charge is 2.34. The van der Waals surface area contributed by atoms with Crippen LogP contribution in [0.2, 0.25) is 0 Å². The van der Waals surface area contributed by atoms with Crippen molar-refractivity contribution in [3.8, 4) is 0 Å². The molecule has 0 aromatic carbocycles. The summed E-state index contributed by atoms with van der Waals surface area (Å²) in [6, 6.07) is -0.264. The van der Waals surface area contributed by atoms with Crippen LogP contribution >= 0.6 is 0 Å². The molecule has 0 radical (unpaired) electrons. The summed E-state index contributed by atoms with van der Waals surface area (Å²) in [5.74, 6) is 0.114. The number of carbonyl (C=O) groups excluding carboxylic acids is 1. The Kier molecular flexibility index (Phi) is 2.52. The number of rotatable bonds is 1. The molecule has 2 nitrogen and oxygen atoms in total. The number of Topliss-reactive ketones (excluding diaryl/α,β-unsaturated/α-hetero) is 1. The second kappa shape index (κ2) is 3.13. The molecule has 0 aromatic heterocycles. The van der Waals surface area contributed by atoms with Crippen LogP contribution in [0.5, 0.6) is 0 Å². The molecule has 12 heavy (non-hydrogen) atoms. The Morgan fingerprint density at radius 1 is 1.50 bits per heavy atom. The molecule has 70 valence electrons. The van der Waals surface area contributed by atoms with Crippen LogP contribution < -0.4 is 5.32 Å². The molecule has 0 aromatic rings. The largest absolute Gasteiger partial charge is 0.304 e. The summed E-state index contributed by atoms with van der Waals surface area (Å²) in [6.07, 6.45) is -0.503. The normalized spacial score (nSPS) is 30.7. The van der Waals surface area contributed by atoms with Gasteiger partial charge >= 0.3 is 0 Å². The van der Waals surface area contributed by atoms with Crippen molar-refractivity contribution in [1.29, 1.82) is 0 Å². The van der Waals surface area contributed by atoms with Crippen molar-refractivity contribution < 1.29 is 9.18 Å². The van der Waals surface area contributed by atoms with Crippen LogP contribution in [-0.4, -0.2) is 24.5 Å². The van der Waals surface area contributed by atoms with E-state index >= 15 is 0 Å². The lowest BCUT2D eigenvalue weighted by molar-refractivity contribution is -0.128. The van der Waals surface area contributed by atoms with Gasteiger partial charge in [-0.3, -0.25) is 4.79 Å². The predicted octanol–water partition coefficient (Wildman–Crippen LogP) is 1.30. The Hall–Kier alpha value is -0.440. The highest BCUT2D eigenvalue weighted by molar-refractivity contribution is 5.89. The molecule has 0 amide bonds. The molecule has 1 fully saturated rings. The lowest BCUT2D eigenvalue weighted by Gasteiger charge is -2.20. The van der Waals surface area contributed by atoms with Gasteiger partial charge in [0, 0.05) is 18.4 Å². The van der Waals surface area contributed by atoms with E-state index in [2.05, 4.69) is 5.32 Å². The van der Waals surface area contributed by atoms with Crippen molar-refractivity contribution in [3.05, 3.63) is 0 Å². The average Bonchev–Trinajstić information content (AvgIpc) is 2.32. The van der Waals surface area contributed by atoms with Crippen LogP contribution in [0.25, 0.3) is 0 Å². The van der Waals surface area contributed by atoms with Crippen molar-refractivity contribution in [2.24, 2.45) is 5.41 Å². The molecule has 1 rings (SSSR count). The lowest BCUT2D eigenvalue weighted by atomic mass is 9.86. The fourth-order valence-corrected chi connectivity index (χ4v) is 1.41. The third-order valence-electron chi connectivity index (χ3n) is 2.13. The van der Waals surface area contributed by atoms with Crippen molar-refractivity contribution in [1.82, 2.24) is 5.32 Å². The van der Waals surface area contributed by atoms with E-state index < -0.39 is 6.17 Å². The molecule has 0 saturated carbocycles. The Labute approximate surface area is 72.5 Å². The molecule has 1 N–H and O–H groups in total. The monoisotopic (exact) mass is 173 g/mol. The fraction of sp³-hybridized carbons (Fsp3) is 0.889. The van der Waals surface area contributed by atoms with Gasteiger partial charge in [0.1, 0.15) is 6.17 Å². The molecule has 1 aliphatic heterocycles. The molecule has 2 atom stereocenters. The number of nitrogens with one attached hydrogen (secondary N) is 1. The van der Waals surface area contributed by atoms with Crippen LogP contribution in [0, 0.1) is 5.41 Å². The van der Waals surface area contributed by atoms with Crippen LogP contribution in [0.4, 0.5) is 4.39 Å². The molecule has 1 saturated heterocycles. The molecule has 1 aliphatic rings. The zero-order valence-electron chi connectivity index (χ0n) is 7.86. The fourth-order valence-electron chi connectivity index (χ4n) is 1.41. The van der Waals surface area contributed by atoms with Crippen LogP contribution in [0.15, 0.2) is 0 Å². The van der Waals surface area contributed by atoms with Crippen molar-refractivity contribution in [2.75, 3.05) is 6.54 Å². The Morgan fingerprint density at radius 3 is 2.42 bits per heavy atom. The molecule has 0 bridgehead atoms. The summed E-state index contributed by atoms with van der Waals surface area (Å²) in [5, 5.41) is 2.89. The minimum Gasteiger partial charge on any atom is -0.304 e. The van der Waals surface area contributed by atoms with Gasteiger partial charge in [-0.15, -0.1) is 0 Å². The first kappa shape index (κ1) is 9.65. The first-order chi connectivity index (χ1) is 5.41. The van der Waals surface area contributed by atoms with Crippen molar-refractivity contribution in [2.45, 2.75) is 39.4 Å². The van der Waals surface area contributed by atoms with Gasteiger partial charge in [-0.1, -0.05) is 20.8 Å². The van der Waals surface area contributed by atoms with Gasteiger partial charge in [0.2, 0.25) is 0 Å². The topological polar surface area (TPSA) is 29.1 Å². The Balaban J connectivity index is 2.55. The number of halogens is 1. The molecular formula is C9H16FNO. The van der Waals surface area contributed by atoms with Crippen LogP contribution in [0.1, 0.15) is 27.2 Å². The van der Waals surface area contributed by atoms with E-state index in [1.165, 1.54) is 0 Å². The predicted molar refractivity (Wildman–Crippen MR) is 45.8 cm³/mol. The van der Waals surface area contributed by atoms with Gasteiger partial charge in [0.05, 0.1) is 6.04 Å². The minimum absolute atomic E-state index is 0.114. The maximum absolute atomic E-state index is 12.7. The molecule has 3 heteroatoms. The Bertz CT molecular complexity index is 185. The van der Waals surface area contributed by atoms with E-state index in [4.69, 9.17) is 0 Å². The minimum atomic E-state index is -0.846. The van der Waals surface area contributed by atoms with Crippen LogP contribution in [-0.2, 0) is 4.79 Å². The summed E-state index contributed by atoms with van der Waals surface area (Å²) in [5.41, 5.74) is -0.359. The molecular weight excluding hydrogens is 157 g/mol. The quantitative estimate of drug-likeness (QED) is 0.647. The number of alkyl halides is 1. The van der Waals surface area contributed by atoms with E-state index in [9.17, 15) is 9.18 Å². The standard InChI is InChI=1S/C9H16FNO/c1-9(2,3)8(12)7-4-6(10)5-11-7/h6-7,11H,4-5H2,1-3H3/t6-,7+/m0/s1. The third-order valence-corrected chi connectivity index (χ3v) is 2.13. The van der Waals surface area contributed by atoms with Crippen molar-refractivity contribution >= 4 is 5.78 Å². The number of hydrogen-bond donors (Lipinski definition) is 1. The first-order valence-electron chi connectivity index (χ1n) is 4.33. The SMILES string of the molecule is CC(C)(C)C(=O)[C@H]1C[C@H](F)CN1. The Morgan fingerprint density at radius 2 is 2.08 bits per heavy atom. The van der Waals surface area contributed by atoms with Gasteiger partial charge in [-0.25, -0.2) is 4.39 Å². The summed E-state index contributed by atoms with van der Waals surface area (Å²) in [6.45, 7) is 5.92. The van der Waals surface area contributed by atoms with E-state index in [1.807, 2.05) is 20.8 Å². The van der Waals surface area contributed by atoms with E-state index in [1.54, 1.807) is 0 Å². The van der Waals surface area contributed by atoms with Gasteiger partial charge in [-0.05, 0) is 0 Å². The summed E-state index contributed by atoms with van der Waals surface area (Å²) < 4.78 is 12.7. The second-order valence-corrected chi connectivity index (χ2v) is 4.41. The molecule has 0 unspecified atom stereocenters. The van der Waals surface area contributed by atoms with Gasteiger partial charge < -0.3 is 5.32 Å². The van der Waals surface area contributed by atoms with E-state index in [0.717, 1.165) is 0 Å². The lowest BCUT2D eigenvalue weighted by Crippen LogP contribution is -2.38. The van der Waals surface area contributed by atoms with E-state index in [-0.39, 0.29) is 17.2 Å². The molecule has 0 spiro atoms. The first-order valence-corrected chi connectivity index (χ1v) is 4.33. The maximum Gasteiger partial charge on any atom is 0.155 e. The second-order valence-electron chi connectivity index (χ2n) is 4.41. The zero-order chi connectivity index (χ0) is 9.35. The van der Waals surface area contributed by atoms with Gasteiger partial charge in [0.15, 0.2) is 5.78 Å². The maximum atomic E-state index is 12.7. The summed E-state index contributed by atoms with van der Waals surface area (Å²) in [7, 11) is 0. The highest BCUT2D eigenvalue weighted by Crippen LogP contribution is 2.22. The van der Waals surface area contributed by atoms with Gasteiger partial charge in [-0.2, -0.15) is 0 Å². The average molecular weight is 173 g/mol. The number of carbonyl (C=O) groups is 1. The molecule has 0 aliphatic carbocycles. The third kappa shape index (κ3) is 2.03. The van der Waals surface area contributed by atoms with Crippen LogP contribution in [0.3, 0.4) is 0 Å². The summed E-state index contributed by atoms with van der Waals surface area (Å²) in [4.78, 5) is 11.6. The number of ketones is 1. The zero-order valence-corrected chi connectivity index (χ0v) is 7.86. The molecule has 1 heterocycles. The van der Waals surface area contributed by atoms with Crippen molar-refractivity contribution in [3.63, 3.8) is 0 Å².